The predicted octanol–water partition coefficient (Wildman–Crippen LogP) is 4.07. The minimum absolute atomic E-state index is 0.0932. The van der Waals surface area contributed by atoms with E-state index in [1.807, 2.05) is 56.3 Å². The number of ether oxygens (including phenoxy) is 2. The quantitative estimate of drug-likeness (QED) is 0.739. The van der Waals surface area contributed by atoms with E-state index < -0.39 is 0 Å². The van der Waals surface area contributed by atoms with Crippen molar-refractivity contribution in [2.24, 2.45) is 0 Å². The van der Waals surface area contributed by atoms with Crippen molar-refractivity contribution in [3.63, 3.8) is 0 Å². The molecule has 1 aliphatic rings. The molecule has 2 aromatic carbocycles. The van der Waals surface area contributed by atoms with Crippen molar-refractivity contribution < 1.29 is 18.7 Å². The number of para-hydroxylation sites is 1. The third-order valence-corrected chi connectivity index (χ3v) is 4.30. The van der Waals surface area contributed by atoms with Gasteiger partial charge in [-0.1, -0.05) is 12.1 Å². The summed E-state index contributed by atoms with van der Waals surface area (Å²) in [5, 5.41) is 2.82. The number of anilines is 1. The summed E-state index contributed by atoms with van der Waals surface area (Å²) in [5.74, 6) is 1.76. The van der Waals surface area contributed by atoms with Crippen LogP contribution in [0.25, 0.3) is 11.3 Å². The predicted molar refractivity (Wildman–Crippen MR) is 101 cm³/mol. The first-order chi connectivity index (χ1) is 13.0. The fourth-order valence-electron chi connectivity index (χ4n) is 3.12. The Labute approximate surface area is 157 Å². The van der Waals surface area contributed by atoms with Gasteiger partial charge < -0.3 is 19.2 Å². The lowest BCUT2D eigenvalue weighted by molar-refractivity contribution is -0.118. The van der Waals surface area contributed by atoms with Crippen LogP contribution >= 0.6 is 0 Å². The molecule has 138 valence electrons. The lowest BCUT2D eigenvalue weighted by Gasteiger charge is -2.18. The van der Waals surface area contributed by atoms with E-state index in [9.17, 15) is 4.79 Å². The van der Waals surface area contributed by atoms with E-state index in [0.29, 0.717) is 17.2 Å². The van der Waals surface area contributed by atoms with Crippen molar-refractivity contribution in [2.75, 3.05) is 11.9 Å². The van der Waals surface area contributed by atoms with E-state index in [0.717, 1.165) is 23.3 Å². The Morgan fingerprint density at radius 3 is 2.78 bits per heavy atom. The minimum Gasteiger partial charge on any atom is -0.483 e. The van der Waals surface area contributed by atoms with Crippen LogP contribution in [0.15, 0.2) is 59.5 Å². The zero-order valence-electron chi connectivity index (χ0n) is 15.2. The summed E-state index contributed by atoms with van der Waals surface area (Å²) in [6, 6.07) is 13.1. The summed E-state index contributed by atoms with van der Waals surface area (Å²) < 4.78 is 16.9. The summed E-state index contributed by atoms with van der Waals surface area (Å²) in [6.07, 6.45) is 3.85. The number of hydrogen-bond donors (Lipinski definition) is 1. The largest absolute Gasteiger partial charge is 0.483 e. The van der Waals surface area contributed by atoms with Crippen LogP contribution in [0.3, 0.4) is 0 Å². The van der Waals surface area contributed by atoms with Gasteiger partial charge in [0.05, 0.1) is 6.20 Å². The number of aromatic nitrogens is 1. The number of oxazole rings is 1. The second kappa shape index (κ2) is 6.79. The fourth-order valence-corrected chi connectivity index (χ4v) is 3.12. The number of benzene rings is 2. The van der Waals surface area contributed by atoms with Gasteiger partial charge in [0.25, 0.3) is 5.91 Å². The first-order valence-corrected chi connectivity index (χ1v) is 8.73. The molecule has 0 saturated heterocycles. The molecular formula is C21H20N2O4. The van der Waals surface area contributed by atoms with Crippen LogP contribution in [0.5, 0.6) is 11.5 Å². The van der Waals surface area contributed by atoms with Crippen molar-refractivity contribution in [3.8, 4) is 22.8 Å². The van der Waals surface area contributed by atoms with Gasteiger partial charge in [0.15, 0.2) is 30.3 Å². The Kier molecular flexibility index (Phi) is 4.32. The van der Waals surface area contributed by atoms with Crippen molar-refractivity contribution in [2.45, 2.75) is 25.9 Å². The number of nitrogens with zero attached hydrogens (tertiary/aromatic N) is 1. The molecule has 0 unspecified atom stereocenters. The van der Waals surface area contributed by atoms with Crippen molar-refractivity contribution in [1.82, 2.24) is 4.98 Å². The summed E-state index contributed by atoms with van der Waals surface area (Å²) in [4.78, 5) is 16.1. The lowest BCUT2D eigenvalue weighted by atomic mass is 10.0. The van der Waals surface area contributed by atoms with Gasteiger partial charge in [0.2, 0.25) is 0 Å². The molecule has 0 bridgehead atoms. The van der Waals surface area contributed by atoms with E-state index in [1.165, 1.54) is 6.39 Å². The second-order valence-corrected chi connectivity index (χ2v) is 7.06. The molecule has 0 aliphatic carbocycles. The number of carbonyl (C=O) groups is 1. The summed E-state index contributed by atoms with van der Waals surface area (Å²) in [7, 11) is 0. The van der Waals surface area contributed by atoms with E-state index in [2.05, 4.69) is 10.3 Å². The molecule has 1 N–H and O–H groups in total. The highest BCUT2D eigenvalue weighted by molar-refractivity contribution is 5.92. The Morgan fingerprint density at radius 2 is 2.04 bits per heavy atom. The Morgan fingerprint density at radius 1 is 1.22 bits per heavy atom. The van der Waals surface area contributed by atoms with E-state index in [1.54, 1.807) is 6.20 Å². The van der Waals surface area contributed by atoms with Crippen LogP contribution in [-0.2, 0) is 11.2 Å². The van der Waals surface area contributed by atoms with Crippen LogP contribution in [0, 0.1) is 0 Å². The molecule has 2 heterocycles. The lowest BCUT2D eigenvalue weighted by Crippen LogP contribution is -2.25. The molecular weight excluding hydrogens is 344 g/mol. The third-order valence-electron chi connectivity index (χ3n) is 4.30. The van der Waals surface area contributed by atoms with Gasteiger partial charge in [0, 0.05) is 23.2 Å². The van der Waals surface area contributed by atoms with Gasteiger partial charge in [-0.3, -0.25) is 4.79 Å². The number of fused-ring (bicyclic) bond motifs is 1. The van der Waals surface area contributed by atoms with E-state index in [4.69, 9.17) is 13.9 Å². The molecule has 4 rings (SSSR count). The number of amides is 1. The molecule has 27 heavy (non-hydrogen) atoms. The Hall–Kier alpha value is -3.28. The molecule has 0 saturated carbocycles. The molecule has 1 aliphatic heterocycles. The average Bonchev–Trinajstić information content (AvgIpc) is 3.27. The Balaban J connectivity index is 1.36. The Bertz CT molecular complexity index is 947. The number of rotatable bonds is 5. The maximum atomic E-state index is 12.2. The van der Waals surface area contributed by atoms with Crippen LogP contribution in [0.4, 0.5) is 5.69 Å². The van der Waals surface area contributed by atoms with Crippen LogP contribution < -0.4 is 14.8 Å². The molecule has 0 spiro atoms. The highest BCUT2D eigenvalue weighted by Gasteiger charge is 2.32. The van der Waals surface area contributed by atoms with Gasteiger partial charge in [-0.15, -0.1) is 0 Å². The van der Waals surface area contributed by atoms with Gasteiger partial charge in [-0.25, -0.2) is 4.98 Å². The molecule has 3 aromatic rings. The van der Waals surface area contributed by atoms with Crippen molar-refractivity contribution in [1.29, 1.82) is 0 Å². The summed E-state index contributed by atoms with van der Waals surface area (Å²) in [6.45, 7) is 3.97. The molecule has 6 heteroatoms. The van der Waals surface area contributed by atoms with Gasteiger partial charge in [-0.2, -0.15) is 0 Å². The molecule has 0 atom stereocenters. The van der Waals surface area contributed by atoms with Crippen molar-refractivity contribution in [3.05, 3.63) is 60.6 Å². The minimum atomic E-state index is -0.255. The number of hydrogen-bond acceptors (Lipinski definition) is 5. The smallest absolute Gasteiger partial charge is 0.262 e. The summed E-state index contributed by atoms with van der Waals surface area (Å²) in [5.41, 5.74) is 2.42. The topological polar surface area (TPSA) is 73.6 Å². The second-order valence-electron chi connectivity index (χ2n) is 7.06. The molecule has 1 amide bonds. The fraction of sp³-hybridized carbons (Fsp3) is 0.238. The molecule has 0 fully saturated rings. The number of nitrogens with one attached hydrogen (secondary N) is 1. The van der Waals surface area contributed by atoms with E-state index >= 15 is 0 Å². The maximum absolute atomic E-state index is 12.2. The van der Waals surface area contributed by atoms with Gasteiger partial charge in [-0.05, 0) is 44.2 Å². The SMILES string of the molecule is CC1(C)Cc2cccc(OCC(=O)Nc3ccc(-c4cnco4)cc3)c2O1. The zero-order chi connectivity index (χ0) is 18.9. The van der Waals surface area contributed by atoms with Crippen LogP contribution in [0.1, 0.15) is 19.4 Å². The van der Waals surface area contributed by atoms with Crippen LogP contribution in [0.2, 0.25) is 0 Å². The highest BCUT2D eigenvalue weighted by Crippen LogP contribution is 2.41. The highest BCUT2D eigenvalue weighted by atomic mass is 16.5. The molecule has 1 aromatic heterocycles. The normalized spacial score (nSPS) is 14.3. The maximum Gasteiger partial charge on any atom is 0.262 e. The first-order valence-electron chi connectivity index (χ1n) is 8.73. The zero-order valence-corrected chi connectivity index (χ0v) is 15.2. The van der Waals surface area contributed by atoms with Crippen LogP contribution in [-0.4, -0.2) is 23.1 Å². The van der Waals surface area contributed by atoms with E-state index in [-0.39, 0.29) is 18.1 Å². The molecule has 0 radical (unpaired) electrons. The standard InChI is InChI=1S/C21H20N2O4/c1-21(2)10-15-4-3-5-17(20(15)27-21)25-12-19(24)23-16-8-6-14(7-9-16)18-11-22-13-26-18/h3-9,11,13H,10,12H2,1-2H3,(H,23,24). The van der Waals surface area contributed by atoms with Gasteiger partial charge >= 0.3 is 0 Å². The number of carbonyl (C=O) groups excluding carboxylic acids is 1. The van der Waals surface area contributed by atoms with Gasteiger partial charge in [0.1, 0.15) is 5.60 Å². The van der Waals surface area contributed by atoms with Crippen molar-refractivity contribution >= 4 is 11.6 Å². The first kappa shape index (κ1) is 17.1. The monoisotopic (exact) mass is 364 g/mol. The average molecular weight is 364 g/mol. The summed E-state index contributed by atoms with van der Waals surface area (Å²) >= 11 is 0. The molecule has 6 nitrogen and oxygen atoms in total. The third kappa shape index (κ3) is 3.79.